The van der Waals surface area contributed by atoms with Gasteiger partial charge in [-0.05, 0) is 30.2 Å². The van der Waals surface area contributed by atoms with E-state index in [4.69, 9.17) is 5.73 Å². The normalized spacial score (nSPS) is 10.3. The molecule has 0 aliphatic carbocycles. The lowest BCUT2D eigenvalue weighted by atomic mass is 10.1. The van der Waals surface area contributed by atoms with Crippen molar-refractivity contribution < 1.29 is 0 Å². The molecule has 0 atom stereocenters. The first-order chi connectivity index (χ1) is 8.81. The minimum absolute atomic E-state index is 0.545. The lowest BCUT2D eigenvalue weighted by Gasteiger charge is -2.10. The van der Waals surface area contributed by atoms with Gasteiger partial charge in [0.2, 0.25) is 0 Å². The van der Waals surface area contributed by atoms with Crippen LogP contribution in [0.3, 0.4) is 0 Å². The van der Waals surface area contributed by atoms with E-state index in [0.29, 0.717) is 5.82 Å². The number of nitrogen functional groups attached to an aromatic ring is 1. The molecule has 0 fully saturated rings. The molecule has 2 heterocycles. The minimum Gasteiger partial charge on any atom is -0.382 e. The van der Waals surface area contributed by atoms with Crippen LogP contribution in [-0.4, -0.2) is 16.5 Å². The van der Waals surface area contributed by atoms with Crippen LogP contribution in [0.1, 0.15) is 19.8 Å². The first kappa shape index (κ1) is 12.4. The fourth-order valence-electron chi connectivity index (χ4n) is 1.72. The maximum atomic E-state index is 5.86. The third kappa shape index (κ3) is 2.97. The smallest absolute Gasteiger partial charge is 0.146 e. The maximum absolute atomic E-state index is 5.86. The second kappa shape index (κ2) is 6.00. The summed E-state index contributed by atoms with van der Waals surface area (Å²) in [6.45, 7) is 3.08. The molecule has 0 bridgehead atoms. The fourth-order valence-corrected chi connectivity index (χ4v) is 1.72. The molecule has 2 aromatic heterocycles. The summed E-state index contributed by atoms with van der Waals surface area (Å²) in [5, 5.41) is 3.32. The Kier molecular flexibility index (Phi) is 4.12. The van der Waals surface area contributed by atoms with Crippen LogP contribution in [0, 0.1) is 0 Å². The topological polar surface area (TPSA) is 63.8 Å². The summed E-state index contributed by atoms with van der Waals surface area (Å²) >= 11 is 0. The Balaban J connectivity index is 2.21. The maximum Gasteiger partial charge on any atom is 0.146 e. The van der Waals surface area contributed by atoms with Crippen molar-refractivity contribution in [2.75, 3.05) is 17.6 Å². The zero-order valence-corrected chi connectivity index (χ0v) is 10.6. The van der Waals surface area contributed by atoms with Crippen molar-refractivity contribution in [3.8, 4) is 11.1 Å². The molecule has 4 nitrogen and oxygen atoms in total. The van der Waals surface area contributed by atoms with Crippen LogP contribution in [0.25, 0.3) is 11.1 Å². The van der Waals surface area contributed by atoms with Gasteiger partial charge in [-0.25, -0.2) is 4.98 Å². The number of hydrogen-bond donors (Lipinski definition) is 2. The van der Waals surface area contributed by atoms with Crippen LogP contribution in [-0.2, 0) is 0 Å². The van der Waals surface area contributed by atoms with Crippen LogP contribution in [0.5, 0.6) is 0 Å². The van der Waals surface area contributed by atoms with Gasteiger partial charge in [-0.3, -0.25) is 4.98 Å². The largest absolute Gasteiger partial charge is 0.382 e. The lowest BCUT2D eigenvalue weighted by molar-refractivity contribution is 0.834. The highest BCUT2D eigenvalue weighted by molar-refractivity contribution is 5.72. The number of rotatable bonds is 5. The van der Waals surface area contributed by atoms with E-state index >= 15 is 0 Å². The fraction of sp³-hybridized carbons (Fsp3) is 0.286. The van der Waals surface area contributed by atoms with E-state index in [9.17, 15) is 0 Å². The highest BCUT2D eigenvalue weighted by Gasteiger charge is 2.03. The molecule has 0 amide bonds. The Morgan fingerprint density at radius 2 is 2.00 bits per heavy atom. The highest BCUT2D eigenvalue weighted by Crippen LogP contribution is 2.24. The number of hydrogen-bond acceptors (Lipinski definition) is 4. The Bertz CT molecular complexity index is 496. The lowest BCUT2D eigenvalue weighted by Crippen LogP contribution is -2.05. The Morgan fingerprint density at radius 1 is 1.22 bits per heavy atom. The van der Waals surface area contributed by atoms with Crippen molar-refractivity contribution in [2.24, 2.45) is 0 Å². The van der Waals surface area contributed by atoms with Crippen LogP contribution < -0.4 is 11.1 Å². The van der Waals surface area contributed by atoms with Gasteiger partial charge in [0, 0.05) is 30.7 Å². The molecule has 18 heavy (non-hydrogen) atoms. The average Bonchev–Trinajstić information content (AvgIpc) is 2.42. The summed E-state index contributed by atoms with van der Waals surface area (Å²) in [7, 11) is 0. The van der Waals surface area contributed by atoms with Crippen molar-refractivity contribution in [2.45, 2.75) is 19.8 Å². The molecule has 0 saturated carbocycles. The molecule has 0 saturated heterocycles. The van der Waals surface area contributed by atoms with Crippen molar-refractivity contribution >= 4 is 11.5 Å². The van der Waals surface area contributed by atoms with E-state index in [1.807, 2.05) is 18.2 Å². The Hall–Kier alpha value is -2.10. The monoisotopic (exact) mass is 242 g/mol. The first-order valence-electron chi connectivity index (χ1n) is 6.21. The van der Waals surface area contributed by atoms with Gasteiger partial charge in [0.1, 0.15) is 5.82 Å². The SMILES string of the molecule is CCCCNc1cc(-c2ccncc2)cnc1N. The molecular weight excluding hydrogens is 224 g/mol. The van der Waals surface area contributed by atoms with Gasteiger partial charge in [0.25, 0.3) is 0 Å². The molecule has 0 aromatic carbocycles. The predicted molar refractivity (Wildman–Crippen MR) is 75.3 cm³/mol. The van der Waals surface area contributed by atoms with E-state index in [0.717, 1.165) is 36.2 Å². The van der Waals surface area contributed by atoms with E-state index < -0.39 is 0 Å². The summed E-state index contributed by atoms with van der Waals surface area (Å²) in [4.78, 5) is 8.24. The zero-order valence-electron chi connectivity index (χ0n) is 10.6. The molecular formula is C14H18N4. The van der Waals surface area contributed by atoms with Crippen LogP contribution >= 0.6 is 0 Å². The molecule has 0 spiro atoms. The second-order valence-electron chi connectivity index (χ2n) is 4.17. The molecule has 3 N–H and O–H groups in total. The van der Waals surface area contributed by atoms with Gasteiger partial charge in [0.15, 0.2) is 0 Å². The van der Waals surface area contributed by atoms with Crippen LogP contribution in [0.2, 0.25) is 0 Å². The average molecular weight is 242 g/mol. The summed E-state index contributed by atoms with van der Waals surface area (Å²) in [5.41, 5.74) is 8.90. The number of nitrogens with two attached hydrogens (primary N) is 1. The molecule has 2 aromatic rings. The Morgan fingerprint density at radius 3 is 2.72 bits per heavy atom. The van der Waals surface area contributed by atoms with E-state index in [2.05, 4.69) is 22.2 Å². The molecule has 4 heteroatoms. The third-order valence-corrected chi connectivity index (χ3v) is 2.78. The summed E-state index contributed by atoms with van der Waals surface area (Å²) < 4.78 is 0. The molecule has 0 aliphatic rings. The number of nitrogens with one attached hydrogen (secondary N) is 1. The van der Waals surface area contributed by atoms with Crippen LogP contribution in [0.15, 0.2) is 36.8 Å². The standard InChI is InChI=1S/C14H18N4/c1-2-3-6-17-13-9-12(10-18-14(13)15)11-4-7-16-8-5-11/h4-5,7-10,17H,2-3,6H2,1H3,(H2,15,18). The summed E-state index contributed by atoms with van der Waals surface area (Å²) in [6.07, 6.45) is 7.62. The number of anilines is 2. The molecule has 2 rings (SSSR count). The van der Waals surface area contributed by atoms with Crippen molar-refractivity contribution in [1.29, 1.82) is 0 Å². The van der Waals surface area contributed by atoms with Gasteiger partial charge in [0.05, 0.1) is 5.69 Å². The van der Waals surface area contributed by atoms with Gasteiger partial charge in [-0.15, -0.1) is 0 Å². The quantitative estimate of drug-likeness (QED) is 0.791. The highest BCUT2D eigenvalue weighted by atomic mass is 14.9. The van der Waals surface area contributed by atoms with E-state index in [1.54, 1.807) is 18.6 Å². The second-order valence-corrected chi connectivity index (χ2v) is 4.17. The van der Waals surface area contributed by atoms with Gasteiger partial charge < -0.3 is 11.1 Å². The number of pyridine rings is 2. The summed E-state index contributed by atoms with van der Waals surface area (Å²) in [5.74, 6) is 0.545. The zero-order chi connectivity index (χ0) is 12.8. The van der Waals surface area contributed by atoms with Gasteiger partial charge >= 0.3 is 0 Å². The molecule has 0 unspecified atom stereocenters. The minimum atomic E-state index is 0.545. The molecule has 0 radical (unpaired) electrons. The molecule has 0 aliphatic heterocycles. The van der Waals surface area contributed by atoms with Gasteiger partial charge in [-0.2, -0.15) is 0 Å². The predicted octanol–water partition coefficient (Wildman–Crippen LogP) is 2.94. The Labute approximate surface area is 107 Å². The van der Waals surface area contributed by atoms with Crippen LogP contribution in [0.4, 0.5) is 11.5 Å². The van der Waals surface area contributed by atoms with Crippen molar-refractivity contribution in [3.63, 3.8) is 0 Å². The summed E-state index contributed by atoms with van der Waals surface area (Å²) in [6, 6.07) is 5.96. The first-order valence-corrected chi connectivity index (χ1v) is 6.21. The number of unbranched alkanes of at least 4 members (excludes halogenated alkanes) is 1. The van der Waals surface area contributed by atoms with Gasteiger partial charge in [-0.1, -0.05) is 13.3 Å². The number of aromatic nitrogens is 2. The van der Waals surface area contributed by atoms with E-state index in [1.165, 1.54) is 0 Å². The third-order valence-electron chi connectivity index (χ3n) is 2.78. The van der Waals surface area contributed by atoms with E-state index in [-0.39, 0.29) is 0 Å². The molecule has 94 valence electrons. The van der Waals surface area contributed by atoms with Crippen molar-refractivity contribution in [1.82, 2.24) is 9.97 Å². The number of nitrogens with zero attached hydrogens (tertiary/aromatic N) is 2. The van der Waals surface area contributed by atoms with Crippen molar-refractivity contribution in [3.05, 3.63) is 36.8 Å².